The van der Waals surface area contributed by atoms with Crippen LogP contribution in [0.4, 0.5) is 5.69 Å². The fourth-order valence-corrected chi connectivity index (χ4v) is 2.44. The van der Waals surface area contributed by atoms with Gasteiger partial charge < -0.3 is 4.90 Å². The van der Waals surface area contributed by atoms with Gasteiger partial charge in [0.1, 0.15) is 7.28 Å². The quantitative estimate of drug-likeness (QED) is 0.598. The number of benzene rings is 1. The molecule has 0 aliphatic carbocycles. The molecule has 16 heavy (non-hydrogen) atoms. The Hall–Kier alpha value is -0.915. The van der Waals surface area contributed by atoms with Crippen LogP contribution in [0.2, 0.25) is 12.6 Å². The third-order valence-electron chi connectivity index (χ3n) is 3.41. The predicted octanol–water partition coefficient (Wildman–Crippen LogP) is 3.39. The van der Waals surface area contributed by atoms with Gasteiger partial charge in [0.2, 0.25) is 0 Å². The van der Waals surface area contributed by atoms with Gasteiger partial charge in [0.15, 0.2) is 0 Å². The summed E-state index contributed by atoms with van der Waals surface area (Å²) in [6.07, 6.45) is 8.19. The molecule has 1 aromatic carbocycles. The Balaban J connectivity index is 0.000000162. The highest BCUT2D eigenvalue weighted by Crippen LogP contribution is 2.24. The first-order valence-corrected chi connectivity index (χ1v) is 6.48. The second kappa shape index (κ2) is 5.98. The molecule has 1 aromatic rings. The average Bonchev–Trinajstić information content (AvgIpc) is 2.88. The van der Waals surface area contributed by atoms with Crippen LogP contribution in [0, 0.1) is 0 Å². The van der Waals surface area contributed by atoms with Crippen LogP contribution in [0.25, 0.3) is 0 Å². The summed E-state index contributed by atoms with van der Waals surface area (Å²) in [6, 6.07) is 8.66. The Bertz CT molecular complexity index is 313. The van der Waals surface area contributed by atoms with Crippen molar-refractivity contribution in [1.82, 2.24) is 0 Å². The van der Waals surface area contributed by atoms with Crippen molar-refractivity contribution in [3.63, 3.8) is 0 Å². The number of fused-ring (bicyclic) bond motifs is 1. The van der Waals surface area contributed by atoms with E-state index in [1.54, 1.807) is 0 Å². The molecule has 0 saturated carbocycles. The Morgan fingerprint density at radius 2 is 1.81 bits per heavy atom. The maximum Gasteiger partial charge on any atom is 0.109 e. The summed E-state index contributed by atoms with van der Waals surface area (Å²) < 4.78 is 0. The molecule has 0 atom stereocenters. The maximum absolute atomic E-state index is 2.36. The normalized spacial score (nSPS) is 18.2. The maximum atomic E-state index is 2.36. The summed E-state index contributed by atoms with van der Waals surface area (Å²) in [5, 5.41) is 0. The highest BCUT2D eigenvalue weighted by Gasteiger charge is 2.11. The highest BCUT2D eigenvalue weighted by atomic mass is 15.1. The summed E-state index contributed by atoms with van der Waals surface area (Å²) in [4.78, 5) is 2.33. The standard InChI is InChI=1S/C10H13N.C4H8B/c1-11-8-4-6-9-5-2-3-7-10(9)11;1-2-4-5-3-1/h2-3,5,7H,4,6,8H2,1H3;1-4H2. The molecule has 2 aliphatic heterocycles. The SMILES string of the molecule is CN1CCCc2ccccc21.[B]1CCCC1. The second-order valence-corrected chi connectivity index (χ2v) is 4.73. The van der Waals surface area contributed by atoms with Crippen LogP contribution in [0.5, 0.6) is 0 Å². The minimum Gasteiger partial charge on any atom is -0.374 e. The molecule has 0 N–H and O–H groups in total. The molecule has 0 aromatic heterocycles. The van der Waals surface area contributed by atoms with E-state index in [1.165, 1.54) is 56.1 Å². The molecular formula is C14H21BN. The molecule has 3 rings (SSSR count). The molecule has 1 radical (unpaired) electrons. The van der Waals surface area contributed by atoms with Gasteiger partial charge in [0.25, 0.3) is 0 Å². The molecule has 1 nitrogen and oxygen atoms in total. The minimum atomic E-state index is 1.21. The highest BCUT2D eigenvalue weighted by molar-refractivity contribution is 6.36. The molecule has 2 heterocycles. The van der Waals surface area contributed by atoms with Crippen molar-refractivity contribution in [2.45, 2.75) is 38.3 Å². The van der Waals surface area contributed by atoms with Crippen LogP contribution >= 0.6 is 0 Å². The van der Waals surface area contributed by atoms with E-state index >= 15 is 0 Å². The Labute approximate surface area is 100 Å². The fourth-order valence-electron chi connectivity index (χ4n) is 2.44. The lowest BCUT2D eigenvalue weighted by molar-refractivity contribution is 0.744. The molecule has 2 heteroatoms. The van der Waals surface area contributed by atoms with Gasteiger partial charge in [0.05, 0.1) is 0 Å². The number of hydrogen-bond acceptors (Lipinski definition) is 1. The van der Waals surface area contributed by atoms with Crippen LogP contribution in [0.1, 0.15) is 24.8 Å². The summed E-state index contributed by atoms with van der Waals surface area (Å²) in [5.41, 5.74) is 2.92. The van der Waals surface area contributed by atoms with Gasteiger partial charge >= 0.3 is 0 Å². The van der Waals surface area contributed by atoms with Gasteiger partial charge in [0, 0.05) is 19.3 Å². The first-order chi connectivity index (χ1) is 7.88. The molecule has 0 unspecified atom stereocenters. The Morgan fingerprint density at radius 3 is 2.44 bits per heavy atom. The molecule has 1 saturated heterocycles. The fraction of sp³-hybridized carbons (Fsp3) is 0.571. The third kappa shape index (κ3) is 3.04. The summed E-state index contributed by atoms with van der Waals surface area (Å²) >= 11 is 0. The van der Waals surface area contributed by atoms with Crippen molar-refractivity contribution >= 4 is 13.0 Å². The molecule has 1 fully saturated rings. The first kappa shape index (κ1) is 11.6. The van der Waals surface area contributed by atoms with E-state index in [4.69, 9.17) is 0 Å². The molecular weight excluding hydrogens is 193 g/mol. The zero-order valence-electron chi connectivity index (χ0n) is 10.3. The average molecular weight is 214 g/mol. The van der Waals surface area contributed by atoms with E-state index in [0.717, 1.165) is 0 Å². The molecule has 85 valence electrons. The van der Waals surface area contributed by atoms with Crippen molar-refractivity contribution in [3.05, 3.63) is 29.8 Å². The Morgan fingerprint density at radius 1 is 1.06 bits per heavy atom. The molecule has 0 amide bonds. The van der Waals surface area contributed by atoms with E-state index in [-0.39, 0.29) is 0 Å². The topological polar surface area (TPSA) is 3.24 Å². The van der Waals surface area contributed by atoms with Crippen molar-refractivity contribution in [1.29, 1.82) is 0 Å². The Kier molecular flexibility index (Phi) is 4.32. The van der Waals surface area contributed by atoms with Gasteiger partial charge in [-0.25, -0.2) is 0 Å². The second-order valence-electron chi connectivity index (χ2n) is 4.73. The van der Waals surface area contributed by atoms with Crippen LogP contribution in [-0.2, 0) is 6.42 Å². The van der Waals surface area contributed by atoms with Crippen molar-refractivity contribution < 1.29 is 0 Å². The van der Waals surface area contributed by atoms with E-state index in [1.807, 2.05) is 0 Å². The number of nitrogens with zero attached hydrogens (tertiary/aromatic N) is 1. The van der Waals surface area contributed by atoms with E-state index in [9.17, 15) is 0 Å². The monoisotopic (exact) mass is 214 g/mol. The van der Waals surface area contributed by atoms with Gasteiger partial charge in [-0.15, -0.1) is 0 Å². The smallest absolute Gasteiger partial charge is 0.109 e. The molecule has 2 aliphatic rings. The summed E-state index contributed by atoms with van der Waals surface area (Å²) in [6.45, 7) is 1.21. The van der Waals surface area contributed by atoms with Gasteiger partial charge in [-0.05, 0) is 24.5 Å². The minimum absolute atomic E-state index is 1.21. The van der Waals surface area contributed by atoms with E-state index < -0.39 is 0 Å². The first-order valence-electron chi connectivity index (χ1n) is 6.48. The number of anilines is 1. The number of rotatable bonds is 0. The van der Waals surface area contributed by atoms with E-state index in [0.29, 0.717) is 0 Å². The summed E-state index contributed by atoms with van der Waals surface area (Å²) in [7, 11) is 4.53. The number of hydrogen-bond donors (Lipinski definition) is 0. The lowest BCUT2D eigenvalue weighted by Gasteiger charge is -2.26. The zero-order chi connectivity index (χ0) is 11.2. The van der Waals surface area contributed by atoms with Gasteiger partial charge in [-0.2, -0.15) is 0 Å². The van der Waals surface area contributed by atoms with Crippen LogP contribution < -0.4 is 4.90 Å². The van der Waals surface area contributed by atoms with Crippen LogP contribution in [-0.4, -0.2) is 20.9 Å². The van der Waals surface area contributed by atoms with Crippen molar-refractivity contribution in [2.24, 2.45) is 0 Å². The van der Waals surface area contributed by atoms with Crippen LogP contribution in [0.3, 0.4) is 0 Å². The largest absolute Gasteiger partial charge is 0.374 e. The van der Waals surface area contributed by atoms with Crippen LogP contribution in [0.15, 0.2) is 24.3 Å². The van der Waals surface area contributed by atoms with Crippen molar-refractivity contribution in [3.8, 4) is 0 Å². The predicted molar refractivity (Wildman–Crippen MR) is 72.6 cm³/mol. The zero-order valence-corrected chi connectivity index (χ0v) is 10.3. The number of para-hydroxylation sites is 1. The van der Waals surface area contributed by atoms with Gasteiger partial charge in [-0.1, -0.05) is 43.7 Å². The third-order valence-corrected chi connectivity index (χ3v) is 3.41. The molecule has 0 bridgehead atoms. The molecule has 0 spiro atoms. The number of aryl methyl sites for hydroxylation is 1. The van der Waals surface area contributed by atoms with E-state index in [2.05, 4.69) is 43.5 Å². The lowest BCUT2D eigenvalue weighted by atomic mass is 9.77. The summed E-state index contributed by atoms with van der Waals surface area (Å²) in [5.74, 6) is 0. The lowest BCUT2D eigenvalue weighted by Crippen LogP contribution is -2.24. The van der Waals surface area contributed by atoms with Crippen molar-refractivity contribution in [2.75, 3.05) is 18.5 Å². The van der Waals surface area contributed by atoms with Gasteiger partial charge in [-0.3, -0.25) is 0 Å².